The standard InChI is InChI=1S/C12H18N2O5S/c1-7(2)11(12(16)19-3)14-20(17,18)8-4-5-10(15)9(13)6-8/h4-7,11,14-15H,13H2,1-3H3. The summed E-state index contributed by atoms with van der Waals surface area (Å²) in [6, 6.07) is 2.49. The smallest absolute Gasteiger partial charge is 0.324 e. The molecule has 0 saturated carbocycles. The maximum atomic E-state index is 12.2. The number of rotatable bonds is 5. The Morgan fingerprint density at radius 2 is 2.00 bits per heavy atom. The average Bonchev–Trinajstić information content (AvgIpc) is 2.38. The van der Waals surface area contributed by atoms with E-state index in [1.54, 1.807) is 13.8 Å². The number of methoxy groups -OCH3 is 1. The zero-order valence-corrected chi connectivity index (χ0v) is 12.3. The molecule has 1 rings (SSSR count). The first-order chi connectivity index (χ1) is 9.19. The number of esters is 1. The van der Waals surface area contributed by atoms with Crippen LogP contribution < -0.4 is 10.5 Å². The second kappa shape index (κ2) is 6.10. The second-order valence-corrected chi connectivity index (χ2v) is 6.30. The van der Waals surface area contributed by atoms with Crippen molar-refractivity contribution in [2.45, 2.75) is 24.8 Å². The lowest BCUT2D eigenvalue weighted by Gasteiger charge is -2.19. The van der Waals surface area contributed by atoms with Gasteiger partial charge in [0.05, 0.1) is 17.7 Å². The Bertz CT molecular complexity index is 598. The van der Waals surface area contributed by atoms with Crippen molar-refractivity contribution in [3.63, 3.8) is 0 Å². The molecule has 20 heavy (non-hydrogen) atoms. The van der Waals surface area contributed by atoms with E-state index in [-0.39, 0.29) is 22.3 Å². The largest absolute Gasteiger partial charge is 0.506 e. The van der Waals surface area contributed by atoms with Crippen LogP contribution in [0.5, 0.6) is 5.75 Å². The lowest BCUT2D eigenvalue weighted by Crippen LogP contribution is -2.44. The highest BCUT2D eigenvalue weighted by Gasteiger charge is 2.29. The SMILES string of the molecule is COC(=O)C(NS(=O)(=O)c1ccc(O)c(N)c1)C(C)C. The van der Waals surface area contributed by atoms with E-state index >= 15 is 0 Å². The summed E-state index contributed by atoms with van der Waals surface area (Å²) in [5.74, 6) is -1.17. The third-order valence-corrected chi connectivity index (χ3v) is 4.15. The van der Waals surface area contributed by atoms with Gasteiger partial charge in [0, 0.05) is 0 Å². The van der Waals surface area contributed by atoms with E-state index < -0.39 is 22.0 Å². The molecule has 112 valence electrons. The van der Waals surface area contributed by atoms with Crippen LogP contribution in [0, 0.1) is 5.92 Å². The monoisotopic (exact) mass is 302 g/mol. The Kier molecular flexibility index (Phi) is 4.96. The molecule has 0 bridgehead atoms. The van der Waals surface area contributed by atoms with Gasteiger partial charge in [-0.05, 0) is 24.1 Å². The van der Waals surface area contributed by atoms with Crippen molar-refractivity contribution in [3.05, 3.63) is 18.2 Å². The summed E-state index contributed by atoms with van der Waals surface area (Å²) in [4.78, 5) is 11.4. The van der Waals surface area contributed by atoms with Crippen molar-refractivity contribution < 1.29 is 23.1 Å². The highest BCUT2D eigenvalue weighted by Crippen LogP contribution is 2.23. The van der Waals surface area contributed by atoms with Crippen LogP contribution in [-0.2, 0) is 19.6 Å². The van der Waals surface area contributed by atoms with E-state index in [0.717, 1.165) is 6.07 Å². The zero-order chi connectivity index (χ0) is 15.5. The summed E-state index contributed by atoms with van der Waals surface area (Å²) in [6.07, 6.45) is 0. The van der Waals surface area contributed by atoms with Crippen molar-refractivity contribution in [2.24, 2.45) is 5.92 Å². The number of hydrogen-bond donors (Lipinski definition) is 3. The molecule has 0 radical (unpaired) electrons. The van der Waals surface area contributed by atoms with Gasteiger partial charge in [0.25, 0.3) is 0 Å². The quantitative estimate of drug-likeness (QED) is 0.413. The number of nitrogens with one attached hydrogen (secondary N) is 1. The highest BCUT2D eigenvalue weighted by atomic mass is 32.2. The van der Waals surface area contributed by atoms with E-state index in [4.69, 9.17) is 5.73 Å². The summed E-state index contributed by atoms with van der Waals surface area (Å²) in [5, 5.41) is 9.29. The summed E-state index contributed by atoms with van der Waals surface area (Å²) in [7, 11) is -2.76. The van der Waals surface area contributed by atoms with Crippen molar-refractivity contribution in [1.29, 1.82) is 0 Å². The van der Waals surface area contributed by atoms with Gasteiger partial charge >= 0.3 is 5.97 Å². The van der Waals surface area contributed by atoms with Crippen molar-refractivity contribution in [2.75, 3.05) is 12.8 Å². The molecule has 1 aromatic rings. The normalized spacial score (nSPS) is 13.2. The molecule has 1 aromatic carbocycles. The molecule has 0 saturated heterocycles. The van der Waals surface area contributed by atoms with Gasteiger partial charge in [-0.25, -0.2) is 8.42 Å². The predicted octanol–water partition coefficient (Wildman–Crippen LogP) is 0.450. The molecule has 7 nitrogen and oxygen atoms in total. The predicted molar refractivity (Wildman–Crippen MR) is 73.5 cm³/mol. The van der Waals surface area contributed by atoms with Gasteiger partial charge in [-0.15, -0.1) is 0 Å². The molecular formula is C12H18N2O5S. The fraction of sp³-hybridized carbons (Fsp3) is 0.417. The lowest BCUT2D eigenvalue weighted by molar-refractivity contribution is -0.143. The Morgan fingerprint density at radius 1 is 1.40 bits per heavy atom. The summed E-state index contributed by atoms with van der Waals surface area (Å²) >= 11 is 0. The van der Waals surface area contributed by atoms with Crippen LogP contribution in [0.2, 0.25) is 0 Å². The van der Waals surface area contributed by atoms with Crippen LogP contribution >= 0.6 is 0 Å². The third kappa shape index (κ3) is 3.61. The minimum absolute atomic E-state index is 0.0629. The number of phenols is 1. The lowest BCUT2D eigenvalue weighted by atomic mass is 10.1. The minimum Gasteiger partial charge on any atom is -0.506 e. The Balaban J connectivity index is 3.09. The molecule has 0 heterocycles. The van der Waals surface area contributed by atoms with Crippen molar-refractivity contribution in [3.8, 4) is 5.75 Å². The van der Waals surface area contributed by atoms with Crippen LogP contribution in [0.15, 0.2) is 23.1 Å². The molecule has 0 aromatic heterocycles. The minimum atomic E-state index is -3.94. The summed E-state index contributed by atoms with van der Waals surface area (Å²) in [5.41, 5.74) is 5.40. The third-order valence-electron chi connectivity index (χ3n) is 2.71. The topological polar surface area (TPSA) is 119 Å². The maximum absolute atomic E-state index is 12.2. The van der Waals surface area contributed by atoms with E-state index in [0.29, 0.717) is 0 Å². The molecule has 4 N–H and O–H groups in total. The van der Waals surface area contributed by atoms with E-state index in [2.05, 4.69) is 9.46 Å². The number of anilines is 1. The van der Waals surface area contributed by atoms with Gasteiger partial charge in [0.15, 0.2) is 0 Å². The van der Waals surface area contributed by atoms with Gasteiger partial charge in [0.1, 0.15) is 11.8 Å². The maximum Gasteiger partial charge on any atom is 0.324 e. The number of nitrogens with two attached hydrogens (primary N) is 1. The first-order valence-electron chi connectivity index (χ1n) is 5.87. The fourth-order valence-corrected chi connectivity index (χ4v) is 2.89. The van der Waals surface area contributed by atoms with Crippen LogP contribution in [-0.4, -0.2) is 32.6 Å². The molecule has 1 atom stereocenters. The highest BCUT2D eigenvalue weighted by molar-refractivity contribution is 7.89. The second-order valence-electron chi connectivity index (χ2n) is 4.59. The van der Waals surface area contributed by atoms with Crippen LogP contribution in [0.4, 0.5) is 5.69 Å². The number of carbonyl (C=O) groups is 1. The van der Waals surface area contributed by atoms with E-state index in [1.165, 1.54) is 19.2 Å². The molecule has 8 heteroatoms. The zero-order valence-electron chi connectivity index (χ0n) is 11.5. The molecule has 1 unspecified atom stereocenters. The van der Waals surface area contributed by atoms with Crippen LogP contribution in [0.25, 0.3) is 0 Å². The van der Waals surface area contributed by atoms with Gasteiger partial charge in [-0.1, -0.05) is 13.8 Å². The first-order valence-corrected chi connectivity index (χ1v) is 7.36. The van der Waals surface area contributed by atoms with Gasteiger partial charge in [-0.2, -0.15) is 4.72 Å². The molecule has 0 spiro atoms. The average molecular weight is 302 g/mol. The van der Waals surface area contributed by atoms with Gasteiger partial charge in [0.2, 0.25) is 10.0 Å². The van der Waals surface area contributed by atoms with E-state index in [1.807, 2.05) is 0 Å². The Hall–Kier alpha value is -1.80. The molecule has 0 amide bonds. The molecule has 0 fully saturated rings. The fourth-order valence-electron chi connectivity index (χ4n) is 1.52. The summed E-state index contributed by atoms with van der Waals surface area (Å²) in [6.45, 7) is 3.38. The number of ether oxygens (including phenoxy) is 1. The molecule has 0 aliphatic heterocycles. The van der Waals surface area contributed by atoms with Crippen molar-refractivity contribution in [1.82, 2.24) is 4.72 Å². The molecule has 0 aliphatic rings. The first kappa shape index (κ1) is 16.3. The van der Waals surface area contributed by atoms with E-state index in [9.17, 15) is 18.3 Å². The number of carbonyl (C=O) groups excluding carboxylic acids is 1. The van der Waals surface area contributed by atoms with Crippen LogP contribution in [0.1, 0.15) is 13.8 Å². The molecule has 0 aliphatic carbocycles. The van der Waals surface area contributed by atoms with Gasteiger partial charge in [-0.3, -0.25) is 4.79 Å². The number of phenolic OH excluding ortho intramolecular Hbond substituents is 1. The number of nitrogen functional groups attached to an aromatic ring is 1. The number of benzene rings is 1. The van der Waals surface area contributed by atoms with Gasteiger partial charge < -0.3 is 15.6 Å². The van der Waals surface area contributed by atoms with Crippen molar-refractivity contribution >= 4 is 21.7 Å². The number of aromatic hydroxyl groups is 1. The van der Waals surface area contributed by atoms with Crippen LogP contribution in [0.3, 0.4) is 0 Å². The Labute approximate surface area is 117 Å². The Morgan fingerprint density at radius 3 is 2.45 bits per heavy atom. The summed E-state index contributed by atoms with van der Waals surface area (Å²) < 4.78 is 31.2. The number of sulfonamides is 1. The number of hydrogen-bond acceptors (Lipinski definition) is 6. The molecular weight excluding hydrogens is 284 g/mol.